The third kappa shape index (κ3) is 6.43. The molecule has 2 aromatic heterocycles. The Balaban J connectivity index is 1.47. The lowest BCUT2D eigenvalue weighted by Gasteiger charge is -2.17. The normalized spacial score (nSPS) is 11.7. The number of aromatic nitrogens is 5. The number of carbonyl (C=O) groups is 1. The van der Waals surface area contributed by atoms with Crippen LogP contribution in [-0.2, 0) is 23.3 Å². The molecule has 0 atom stereocenters. The topological polar surface area (TPSA) is 120 Å². The molecule has 0 saturated carbocycles. The van der Waals surface area contributed by atoms with Crippen LogP contribution in [0, 0.1) is 0 Å². The summed E-state index contributed by atoms with van der Waals surface area (Å²) in [5.41, 5.74) is 2.35. The van der Waals surface area contributed by atoms with Gasteiger partial charge in [0.1, 0.15) is 11.6 Å². The lowest BCUT2D eigenvalue weighted by Crippen LogP contribution is -2.40. The molecule has 11 nitrogen and oxygen atoms in total. The van der Waals surface area contributed by atoms with E-state index in [1.54, 1.807) is 19.2 Å². The smallest absolute Gasteiger partial charge is 0.425 e. The molecule has 0 aliphatic rings. The number of hydrogen-bond acceptors (Lipinski definition) is 9. The highest BCUT2D eigenvalue weighted by molar-refractivity contribution is 6.10. The Labute approximate surface area is 216 Å². The molecule has 0 unspecified atom stereocenters. The lowest BCUT2D eigenvalue weighted by atomic mass is 10.1. The molecule has 2 aromatic carbocycles. The van der Waals surface area contributed by atoms with E-state index >= 15 is 0 Å². The molecule has 4 rings (SSSR count). The zero-order valence-electron chi connectivity index (χ0n) is 20.7. The number of rotatable bonds is 10. The van der Waals surface area contributed by atoms with Gasteiger partial charge < -0.3 is 19.8 Å². The van der Waals surface area contributed by atoms with Gasteiger partial charge in [0.25, 0.3) is 0 Å². The van der Waals surface area contributed by atoms with Crippen molar-refractivity contribution >= 4 is 23.1 Å². The highest BCUT2D eigenvalue weighted by atomic mass is 19.3. The molecule has 0 aliphatic heterocycles. The standard InChI is InChI=1S/C25H24F2N8O3/c1-34(2)19-11-7-9-17(15-19)22(23-30-32-33-35(23)3)31-37-16-18-10-8-14-21(28-18)29-24(36)25(26,27)38-20-12-5-4-6-13-20/h4-15H,16H2,1-3H3,(H,28,29,36). The molecule has 13 heteroatoms. The molecule has 38 heavy (non-hydrogen) atoms. The van der Waals surface area contributed by atoms with Gasteiger partial charge >= 0.3 is 12.0 Å². The van der Waals surface area contributed by atoms with Gasteiger partial charge in [-0.3, -0.25) is 4.79 Å². The van der Waals surface area contributed by atoms with Crippen molar-refractivity contribution in [3.8, 4) is 5.75 Å². The number of ether oxygens (including phenoxy) is 1. The fraction of sp³-hybridized carbons (Fsp3) is 0.200. The zero-order valence-corrected chi connectivity index (χ0v) is 20.7. The van der Waals surface area contributed by atoms with E-state index in [1.165, 1.54) is 41.1 Å². The summed E-state index contributed by atoms with van der Waals surface area (Å²) in [6, 6.07) is 19.4. The van der Waals surface area contributed by atoms with Crippen molar-refractivity contribution in [1.29, 1.82) is 0 Å². The van der Waals surface area contributed by atoms with E-state index in [1.807, 2.05) is 43.3 Å². The maximum absolute atomic E-state index is 14.3. The van der Waals surface area contributed by atoms with Crippen LogP contribution in [0.2, 0.25) is 0 Å². The zero-order chi connectivity index (χ0) is 27.1. The third-order valence-corrected chi connectivity index (χ3v) is 5.14. The molecule has 1 amide bonds. The van der Waals surface area contributed by atoms with Gasteiger partial charge in [0.2, 0.25) is 5.82 Å². The van der Waals surface area contributed by atoms with Crippen molar-refractivity contribution < 1.29 is 23.1 Å². The Morgan fingerprint density at radius 1 is 1.08 bits per heavy atom. The molecule has 0 radical (unpaired) electrons. The molecule has 4 aromatic rings. The van der Waals surface area contributed by atoms with E-state index in [9.17, 15) is 13.6 Å². The quantitative estimate of drug-likeness (QED) is 0.249. The Bertz CT molecular complexity index is 1430. The fourth-order valence-corrected chi connectivity index (χ4v) is 3.25. The summed E-state index contributed by atoms with van der Waals surface area (Å²) >= 11 is 0. The van der Waals surface area contributed by atoms with Crippen molar-refractivity contribution in [3.63, 3.8) is 0 Å². The van der Waals surface area contributed by atoms with Crippen LogP contribution >= 0.6 is 0 Å². The number of hydrogen-bond donors (Lipinski definition) is 1. The van der Waals surface area contributed by atoms with Gasteiger partial charge in [0.05, 0.1) is 5.69 Å². The number of para-hydroxylation sites is 1. The van der Waals surface area contributed by atoms with Gasteiger partial charge in [0, 0.05) is 32.4 Å². The maximum Gasteiger partial charge on any atom is 0.482 e. The van der Waals surface area contributed by atoms with Crippen molar-refractivity contribution in [3.05, 3.63) is 89.9 Å². The first-order chi connectivity index (χ1) is 18.2. The van der Waals surface area contributed by atoms with Crippen molar-refractivity contribution in [2.45, 2.75) is 12.7 Å². The molecule has 2 heterocycles. The average molecular weight is 523 g/mol. The Morgan fingerprint density at radius 3 is 2.55 bits per heavy atom. The Kier molecular flexibility index (Phi) is 7.85. The van der Waals surface area contributed by atoms with Crippen molar-refractivity contribution in [2.75, 3.05) is 24.3 Å². The molecule has 0 spiro atoms. The number of halogens is 2. The minimum Gasteiger partial charge on any atom is -0.425 e. The highest BCUT2D eigenvalue weighted by Crippen LogP contribution is 2.23. The first-order valence-electron chi connectivity index (χ1n) is 11.3. The van der Waals surface area contributed by atoms with E-state index in [2.05, 4.69) is 35.7 Å². The van der Waals surface area contributed by atoms with E-state index < -0.39 is 12.0 Å². The number of aryl methyl sites for hydroxylation is 1. The minimum absolute atomic E-state index is 0.104. The first-order valence-corrected chi connectivity index (χ1v) is 11.3. The lowest BCUT2D eigenvalue weighted by molar-refractivity contribution is -0.187. The first kappa shape index (κ1) is 26.1. The van der Waals surface area contributed by atoms with Crippen LogP contribution in [-0.4, -0.2) is 57.0 Å². The number of benzene rings is 2. The second kappa shape index (κ2) is 11.4. The molecule has 0 fully saturated rings. The number of anilines is 2. The molecular weight excluding hydrogens is 498 g/mol. The minimum atomic E-state index is -4.11. The molecular formula is C25H24F2N8O3. The predicted octanol–water partition coefficient (Wildman–Crippen LogP) is 3.25. The monoisotopic (exact) mass is 522 g/mol. The summed E-state index contributed by atoms with van der Waals surface area (Å²) in [7, 11) is 5.50. The summed E-state index contributed by atoms with van der Waals surface area (Å²) in [5.74, 6) is -1.54. The van der Waals surface area contributed by atoms with Gasteiger partial charge in [0.15, 0.2) is 12.3 Å². The fourth-order valence-electron chi connectivity index (χ4n) is 3.25. The summed E-state index contributed by atoms with van der Waals surface area (Å²) in [5, 5.41) is 17.9. The van der Waals surface area contributed by atoms with Crippen LogP contribution < -0.4 is 15.0 Å². The Morgan fingerprint density at radius 2 is 1.84 bits per heavy atom. The van der Waals surface area contributed by atoms with Gasteiger partial charge in [-0.15, -0.1) is 5.10 Å². The second-order valence-corrected chi connectivity index (χ2v) is 8.18. The van der Waals surface area contributed by atoms with Gasteiger partial charge in [-0.05, 0) is 46.8 Å². The van der Waals surface area contributed by atoms with Gasteiger partial charge in [-0.2, -0.15) is 8.78 Å². The predicted molar refractivity (Wildman–Crippen MR) is 135 cm³/mol. The number of nitrogens with one attached hydrogen (secondary N) is 1. The van der Waals surface area contributed by atoms with Crippen LogP contribution in [0.4, 0.5) is 20.3 Å². The SMILES string of the molecule is CN(C)c1cccc(C(=NOCc2cccc(NC(=O)C(F)(F)Oc3ccccc3)n2)c2nnnn2C)c1. The third-order valence-electron chi connectivity index (χ3n) is 5.14. The van der Waals surface area contributed by atoms with Gasteiger partial charge in [-0.25, -0.2) is 9.67 Å². The van der Waals surface area contributed by atoms with E-state index in [0.717, 1.165) is 5.69 Å². The van der Waals surface area contributed by atoms with Gasteiger partial charge in [-0.1, -0.05) is 41.6 Å². The summed E-state index contributed by atoms with van der Waals surface area (Å²) in [6.07, 6.45) is -4.11. The van der Waals surface area contributed by atoms with Crippen LogP contribution in [0.15, 0.2) is 78.0 Å². The summed E-state index contributed by atoms with van der Waals surface area (Å²) in [4.78, 5) is 23.8. The van der Waals surface area contributed by atoms with Crippen LogP contribution in [0.3, 0.4) is 0 Å². The van der Waals surface area contributed by atoms with Crippen LogP contribution in [0.25, 0.3) is 0 Å². The molecule has 0 bridgehead atoms. The summed E-state index contributed by atoms with van der Waals surface area (Å²) in [6.45, 7) is -0.122. The van der Waals surface area contributed by atoms with E-state index in [-0.39, 0.29) is 18.2 Å². The molecule has 0 aliphatic carbocycles. The number of oxime groups is 1. The number of alkyl halides is 2. The number of amides is 1. The highest BCUT2D eigenvalue weighted by Gasteiger charge is 2.42. The summed E-state index contributed by atoms with van der Waals surface area (Å²) < 4.78 is 34.5. The number of carbonyl (C=O) groups excluding carboxylic acids is 1. The van der Waals surface area contributed by atoms with E-state index in [0.29, 0.717) is 22.8 Å². The second-order valence-electron chi connectivity index (χ2n) is 8.18. The average Bonchev–Trinajstić information content (AvgIpc) is 3.32. The number of pyridine rings is 1. The molecule has 0 saturated heterocycles. The largest absolute Gasteiger partial charge is 0.482 e. The Hall–Kier alpha value is -4.94. The van der Waals surface area contributed by atoms with E-state index in [4.69, 9.17) is 4.84 Å². The van der Waals surface area contributed by atoms with Crippen molar-refractivity contribution in [2.24, 2.45) is 12.2 Å². The molecule has 1 N–H and O–H groups in total. The number of tetrazole rings is 1. The van der Waals surface area contributed by atoms with Crippen LogP contribution in [0.1, 0.15) is 17.1 Å². The molecule has 196 valence electrons. The van der Waals surface area contributed by atoms with Crippen LogP contribution in [0.5, 0.6) is 5.75 Å². The number of nitrogens with zero attached hydrogens (tertiary/aromatic N) is 7. The van der Waals surface area contributed by atoms with Crippen molar-refractivity contribution in [1.82, 2.24) is 25.2 Å². The maximum atomic E-state index is 14.3.